The number of piperidine rings is 1. The first-order valence-corrected chi connectivity index (χ1v) is 33.1. The first kappa shape index (κ1) is 64.6. The van der Waals surface area contributed by atoms with Gasteiger partial charge < -0.3 is 45.5 Å². The van der Waals surface area contributed by atoms with E-state index < -0.39 is 84.8 Å². The SMILES string of the molecule is CCOP(=O)(OCC)C(=O)c1ccc2[nH]c(C(=O)N[C@H]3CN(C(=O)C[C@H]4CC[C@@H](Cc5ccc6c(c5)CCC(C)C(=O)N6[C@@H]5CCC(=O)NC5=O)CC4)CC[C@H]4CC[C@@H](C(=O)N[C@@H](CCC(N)=O)C(=O)NC(c5ccccc5)c5ccccc5)N4C3=O)cc2c1. The molecule has 0 spiro atoms. The van der Waals surface area contributed by atoms with E-state index in [1.54, 1.807) is 29.7 Å². The van der Waals surface area contributed by atoms with Crippen LogP contribution in [0.5, 0.6) is 0 Å². The van der Waals surface area contributed by atoms with Crippen molar-refractivity contribution in [1.82, 2.24) is 36.1 Å². The van der Waals surface area contributed by atoms with E-state index >= 15 is 4.79 Å². The molecule has 23 heteroatoms. The van der Waals surface area contributed by atoms with Crippen LogP contribution in [0.1, 0.15) is 153 Å². The smallest absolute Gasteiger partial charge is 0.370 e. The van der Waals surface area contributed by atoms with Gasteiger partial charge in [0, 0.05) is 66.5 Å². The van der Waals surface area contributed by atoms with Crippen LogP contribution in [0.25, 0.3) is 10.9 Å². The number of carbonyl (C=O) groups excluding carboxylic acids is 10. The van der Waals surface area contributed by atoms with E-state index in [1.807, 2.05) is 79.7 Å². The third-order valence-corrected chi connectivity index (χ3v) is 20.3. The molecular formula is C67H80N9O13P. The number of nitrogens with zero attached hydrogens (tertiary/aromatic N) is 3. The molecule has 1 unspecified atom stereocenters. The summed E-state index contributed by atoms with van der Waals surface area (Å²) in [6, 6.07) is 25.0. The van der Waals surface area contributed by atoms with E-state index in [0.29, 0.717) is 48.2 Å². The van der Waals surface area contributed by atoms with Crippen LogP contribution in [-0.2, 0) is 64.8 Å². The lowest BCUT2D eigenvalue weighted by Gasteiger charge is -2.39. The summed E-state index contributed by atoms with van der Waals surface area (Å²) < 4.78 is 24.0. The molecular weight excluding hydrogens is 1170 g/mol. The second-order valence-corrected chi connectivity index (χ2v) is 26.4. The highest BCUT2D eigenvalue weighted by atomic mass is 31.2. The first-order valence-electron chi connectivity index (χ1n) is 31.6. The number of anilines is 1. The van der Waals surface area contributed by atoms with E-state index in [4.69, 9.17) is 14.8 Å². The summed E-state index contributed by atoms with van der Waals surface area (Å²) in [7, 11) is -4.18. The number of imide groups is 1. The number of aromatic nitrogens is 1. The largest absolute Gasteiger partial charge is 0.401 e. The van der Waals surface area contributed by atoms with Crippen LogP contribution in [-0.4, -0.2) is 130 Å². The molecule has 10 rings (SSSR count). The van der Waals surface area contributed by atoms with Gasteiger partial charge in [-0.1, -0.05) is 79.7 Å². The number of hydrogen-bond acceptors (Lipinski definition) is 13. The Balaban J connectivity index is 0.850. The molecule has 9 amide bonds. The number of primary amides is 1. The molecule has 4 aromatic carbocycles. The van der Waals surface area contributed by atoms with Crippen molar-refractivity contribution in [3.8, 4) is 0 Å². The van der Waals surface area contributed by atoms with Crippen LogP contribution in [0.15, 0.2) is 103 Å². The summed E-state index contributed by atoms with van der Waals surface area (Å²) in [4.78, 5) is 146. The molecule has 22 nitrogen and oxygen atoms in total. The summed E-state index contributed by atoms with van der Waals surface area (Å²) in [6.45, 7) is 5.00. The maximum atomic E-state index is 15.3. The van der Waals surface area contributed by atoms with Gasteiger partial charge in [-0.25, -0.2) is 0 Å². The Bertz CT molecular complexity index is 3540. The number of aryl methyl sites for hydroxylation is 1. The van der Waals surface area contributed by atoms with Gasteiger partial charge in [0.1, 0.15) is 29.9 Å². The lowest BCUT2D eigenvalue weighted by atomic mass is 9.77. The van der Waals surface area contributed by atoms with Gasteiger partial charge in [-0.05, 0) is 155 Å². The minimum Gasteiger partial charge on any atom is -0.370 e. The van der Waals surface area contributed by atoms with E-state index in [-0.39, 0.29) is 106 Å². The molecule has 476 valence electrons. The molecule has 0 radical (unpaired) electrons. The third-order valence-electron chi connectivity index (χ3n) is 18.4. The molecule has 1 aromatic heterocycles. The number of hydrogen-bond donors (Lipinski definition) is 6. The zero-order valence-electron chi connectivity index (χ0n) is 51.1. The molecule has 0 bridgehead atoms. The molecule has 5 heterocycles. The summed E-state index contributed by atoms with van der Waals surface area (Å²) in [5.74, 6) is -4.21. The topological polar surface area (TPSA) is 306 Å². The van der Waals surface area contributed by atoms with E-state index in [1.165, 1.54) is 23.1 Å². The number of carbonyl (C=O) groups is 10. The highest BCUT2D eigenvalue weighted by molar-refractivity contribution is 7.72. The molecule has 4 fully saturated rings. The molecule has 4 aliphatic heterocycles. The van der Waals surface area contributed by atoms with Crippen molar-refractivity contribution in [2.24, 2.45) is 23.5 Å². The van der Waals surface area contributed by atoms with E-state index in [2.05, 4.69) is 32.3 Å². The van der Waals surface area contributed by atoms with Gasteiger partial charge in [-0.15, -0.1) is 0 Å². The normalized spacial score (nSPS) is 22.6. The van der Waals surface area contributed by atoms with Crippen LogP contribution in [0.4, 0.5) is 5.69 Å². The second-order valence-electron chi connectivity index (χ2n) is 24.5. The predicted octanol–water partition coefficient (Wildman–Crippen LogP) is 7.08. The van der Waals surface area contributed by atoms with Crippen LogP contribution in [0.2, 0.25) is 0 Å². The predicted molar refractivity (Wildman–Crippen MR) is 334 cm³/mol. The Labute approximate surface area is 523 Å². The van der Waals surface area contributed by atoms with Gasteiger partial charge in [0.25, 0.3) is 11.4 Å². The number of nitrogens with two attached hydrogens (primary N) is 1. The van der Waals surface area contributed by atoms with Crippen molar-refractivity contribution < 1.29 is 61.6 Å². The fraction of sp³-hybridized carbons (Fsp3) is 0.463. The van der Waals surface area contributed by atoms with Gasteiger partial charge in [0.2, 0.25) is 47.3 Å². The highest BCUT2D eigenvalue weighted by Gasteiger charge is 2.47. The van der Waals surface area contributed by atoms with E-state index in [9.17, 15) is 47.7 Å². The minimum absolute atomic E-state index is 0.0153. The lowest BCUT2D eigenvalue weighted by molar-refractivity contribution is -0.146. The van der Waals surface area contributed by atoms with Crippen molar-refractivity contribution in [2.75, 3.05) is 31.2 Å². The Kier molecular flexibility index (Phi) is 20.6. The lowest BCUT2D eigenvalue weighted by Crippen LogP contribution is -2.62. The average molecular weight is 1250 g/mol. The number of benzene rings is 4. The minimum atomic E-state index is -4.18. The summed E-state index contributed by atoms with van der Waals surface area (Å²) in [6.07, 6.45) is 6.62. The van der Waals surface area contributed by atoms with Crippen molar-refractivity contribution in [3.05, 3.63) is 137 Å². The van der Waals surface area contributed by atoms with Crippen LogP contribution in [0, 0.1) is 17.8 Å². The molecule has 1 saturated carbocycles. The van der Waals surface area contributed by atoms with Crippen molar-refractivity contribution in [2.45, 2.75) is 153 Å². The van der Waals surface area contributed by atoms with Gasteiger partial charge in [-0.2, -0.15) is 0 Å². The fourth-order valence-electron chi connectivity index (χ4n) is 13.6. The van der Waals surface area contributed by atoms with Crippen molar-refractivity contribution in [3.63, 3.8) is 0 Å². The van der Waals surface area contributed by atoms with Crippen LogP contribution in [0.3, 0.4) is 0 Å². The first-order chi connectivity index (χ1) is 43.3. The number of H-pyrrole nitrogens is 1. The molecule has 1 aliphatic carbocycles. The van der Waals surface area contributed by atoms with Crippen LogP contribution < -0.4 is 31.9 Å². The highest BCUT2D eigenvalue weighted by Crippen LogP contribution is 2.51. The Morgan fingerprint density at radius 2 is 1.43 bits per heavy atom. The molecule has 7 N–H and O–H groups in total. The Morgan fingerprint density at radius 3 is 2.10 bits per heavy atom. The third kappa shape index (κ3) is 14.8. The zero-order valence-corrected chi connectivity index (χ0v) is 52.0. The van der Waals surface area contributed by atoms with Gasteiger partial charge >= 0.3 is 7.60 Å². The average Bonchev–Trinajstić information content (AvgIpc) is 1.82. The number of nitrogens with one attached hydrogen (secondary N) is 5. The number of rotatable bonds is 22. The van der Waals surface area contributed by atoms with Gasteiger partial charge in [0.15, 0.2) is 0 Å². The van der Waals surface area contributed by atoms with Crippen molar-refractivity contribution in [1.29, 1.82) is 0 Å². The second kappa shape index (κ2) is 28.7. The van der Waals surface area contributed by atoms with Crippen molar-refractivity contribution >= 4 is 82.9 Å². The molecule has 90 heavy (non-hydrogen) atoms. The number of fused-ring (bicyclic) bond motifs is 3. The standard InChI is InChI=1S/C67H80N9O13P/c1-4-88-90(87,89-5-2)67(86)47-23-25-50-48(37-47)38-52(69-50)62(81)71-53-39-74(59(79)36-42-19-17-41(18-20-42)34-43-21-27-54-46(35-43)22-16-40(3)65(84)76(54)56-29-31-58(78)72-64(56)83)33-32-49-24-28-55(75(49)66(53)85)63(82)70-51(26-30-57(68)77)61(80)73-60(44-12-8-6-9-13-44)45-14-10-7-11-15-45/h6-15,21,23,25,27,35,37-38,40-42,49,51,53,55-56,60,69H,4-5,16-20,22,24,26,28-34,36,39H2,1-3H3,(H2,68,77)(H,70,82)(H,71,81)(H,73,80)(H,72,78,83)/t40?,41-,42+,49-,51+,53+,55+,56-/m1/s1. The summed E-state index contributed by atoms with van der Waals surface area (Å²) in [5, 5.41) is 11.6. The molecule has 5 aromatic rings. The Hall–Kier alpha value is -8.33. The number of amides is 9. The quantitative estimate of drug-likeness (QED) is 0.0299. The molecule has 3 saturated heterocycles. The maximum absolute atomic E-state index is 15.3. The summed E-state index contributed by atoms with van der Waals surface area (Å²) in [5.41, 5.74) is 9.64. The number of aromatic amines is 1. The fourth-order valence-corrected chi connectivity index (χ4v) is 15.1. The summed E-state index contributed by atoms with van der Waals surface area (Å²) >= 11 is 0. The molecule has 5 aliphatic rings. The Morgan fingerprint density at radius 1 is 0.744 bits per heavy atom. The zero-order chi connectivity index (χ0) is 63.8. The maximum Gasteiger partial charge on any atom is 0.401 e. The van der Waals surface area contributed by atoms with Gasteiger partial charge in [-0.3, -0.25) is 62.7 Å². The monoisotopic (exact) mass is 1250 g/mol. The van der Waals surface area contributed by atoms with Crippen LogP contribution >= 0.6 is 7.60 Å². The molecule has 6 atom stereocenters. The van der Waals surface area contributed by atoms with Gasteiger partial charge in [0.05, 0.1) is 19.3 Å². The van der Waals surface area contributed by atoms with E-state index in [0.717, 1.165) is 54.4 Å².